The quantitative estimate of drug-likeness (QED) is 0.929. The van der Waals surface area contributed by atoms with E-state index in [2.05, 4.69) is 21.2 Å². The summed E-state index contributed by atoms with van der Waals surface area (Å²) in [5.41, 5.74) is 0.706. The zero-order chi connectivity index (χ0) is 11.5. The first kappa shape index (κ1) is 12.0. The Bertz CT molecular complexity index is 385. The third kappa shape index (κ3) is 2.83. The molecule has 0 radical (unpaired) electrons. The maximum absolute atomic E-state index is 11.9. The van der Waals surface area contributed by atoms with Gasteiger partial charge in [0, 0.05) is 24.3 Å². The molecule has 2 heterocycles. The van der Waals surface area contributed by atoms with E-state index in [0.717, 1.165) is 11.0 Å². The van der Waals surface area contributed by atoms with Crippen molar-refractivity contribution in [3.63, 3.8) is 0 Å². The topological polar surface area (TPSA) is 34.0 Å². The van der Waals surface area contributed by atoms with Crippen LogP contribution in [0.25, 0.3) is 0 Å². The summed E-state index contributed by atoms with van der Waals surface area (Å²) in [6.45, 7) is 0.800. The molecule has 0 aliphatic carbocycles. The highest BCUT2D eigenvalue weighted by Gasteiger charge is 2.17. The molecular weight excluding hydrogens is 288 g/mol. The zero-order valence-electron chi connectivity index (χ0n) is 9.20. The first-order valence-electron chi connectivity index (χ1n) is 5.34. The Morgan fingerprint density at radius 3 is 3.12 bits per heavy atom. The van der Waals surface area contributed by atoms with Crippen molar-refractivity contribution in [3.8, 4) is 0 Å². The Hall–Kier alpha value is -0.420. The Morgan fingerprint density at radius 2 is 2.56 bits per heavy atom. The second-order valence-electron chi connectivity index (χ2n) is 4.09. The van der Waals surface area contributed by atoms with E-state index < -0.39 is 0 Å². The number of nitrogens with one attached hydrogen (secondary N) is 1. The van der Waals surface area contributed by atoms with Gasteiger partial charge in [-0.2, -0.15) is 11.8 Å². The van der Waals surface area contributed by atoms with Crippen LogP contribution >= 0.6 is 27.7 Å². The van der Waals surface area contributed by atoms with Crippen LogP contribution in [0.4, 0.5) is 0 Å². The maximum atomic E-state index is 11.9. The molecule has 1 aliphatic rings. The predicted octanol–water partition coefficient (Wildman–Crippen LogP) is 2.27. The zero-order valence-corrected chi connectivity index (χ0v) is 11.6. The molecule has 2 rings (SSSR count). The molecule has 1 N–H and O–H groups in total. The monoisotopic (exact) mass is 302 g/mol. The highest BCUT2D eigenvalue weighted by atomic mass is 79.9. The summed E-state index contributed by atoms with van der Waals surface area (Å²) in [5, 5.41) is 3.00. The van der Waals surface area contributed by atoms with E-state index in [-0.39, 0.29) is 5.91 Å². The molecular formula is C11H15BrN2OS. The first-order valence-corrected chi connectivity index (χ1v) is 7.29. The van der Waals surface area contributed by atoms with Gasteiger partial charge in [-0.1, -0.05) is 0 Å². The molecule has 3 nitrogen and oxygen atoms in total. The van der Waals surface area contributed by atoms with Gasteiger partial charge in [0.25, 0.3) is 5.91 Å². The van der Waals surface area contributed by atoms with E-state index in [0.29, 0.717) is 11.6 Å². The first-order chi connectivity index (χ1) is 7.66. The molecule has 0 aromatic carbocycles. The number of hydrogen-bond donors (Lipinski definition) is 1. The Kier molecular flexibility index (Phi) is 3.97. The van der Waals surface area contributed by atoms with E-state index in [1.54, 1.807) is 0 Å². The van der Waals surface area contributed by atoms with Gasteiger partial charge in [-0.15, -0.1) is 0 Å². The van der Waals surface area contributed by atoms with Crippen LogP contribution in [0, 0.1) is 5.92 Å². The lowest BCUT2D eigenvalue weighted by Crippen LogP contribution is -2.30. The minimum absolute atomic E-state index is 0.0186. The third-order valence-corrected chi connectivity index (χ3v) is 4.44. The van der Waals surface area contributed by atoms with Gasteiger partial charge in [-0.25, -0.2) is 0 Å². The number of carbonyl (C=O) groups excluding carboxylic acids is 1. The number of carbonyl (C=O) groups is 1. The van der Waals surface area contributed by atoms with E-state index >= 15 is 0 Å². The fourth-order valence-electron chi connectivity index (χ4n) is 1.82. The average Bonchev–Trinajstić information content (AvgIpc) is 2.84. The molecule has 0 spiro atoms. The Morgan fingerprint density at radius 1 is 1.75 bits per heavy atom. The van der Waals surface area contributed by atoms with Crippen molar-refractivity contribution >= 4 is 33.6 Å². The van der Waals surface area contributed by atoms with Crippen molar-refractivity contribution in [2.45, 2.75) is 6.42 Å². The molecule has 16 heavy (non-hydrogen) atoms. The molecule has 1 aromatic heterocycles. The minimum Gasteiger partial charge on any atom is -0.350 e. The van der Waals surface area contributed by atoms with Gasteiger partial charge in [0.1, 0.15) is 5.69 Å². The van der Waals surface area contributed by atoms with Crippen molar-refractivity contribution < 1.29 is 4.79 Å². The second-order valence-corrected chi connectivity index (χ2v) is 6.16. The summed E-state index contributed by atoms with van der Waals surface area (Å²) >= 11 is 5.34. The number of hydrogen-bond acceptors (Lipinski definition) is 2. The number of nitrogens with zero attached hydrogens (tertiary/aromatic N) is 1. The van der Waals surface area contributed by atoms with Crippen LogP contribution in [0.1, 0.15) is 16.9 Å². The number of aryl methyl sites for hydroxylation is 1. The van der Waals surface area contributed by atoms with Crippen LogP contribution < -0.4 is 5.32 Å². The Balaban J connectivity index is 1.90. The summed E-state index contributed by atoms with van der Waals surface area (Å²) in [6, 6.07) is 1.85. The number of halogens is 1. The fraction of sp³-hybridized carbons (Fsp3) is 0.545. The molecule has 1 aliphatic heterocycles. The lowest BCUT2D eigenvalue weighted by molar-refractivity contribution is 0.0940. The lowest BCUT2D eigenvalue weighted by Gasteiger charge is -2.10. The van der Waals surface area contributed by atoms with E-state index in [9.17, 15) is 4.79 Å². The minimum atomic E-state index is 0.0186. The van der Waals surface area contributed by atoms with Crippen LogP contribution in [0.5, 0.6) is 0 Å². The normalized spacial score (nSPS) is 20.0. The summed E-state index contributed by atoms with van der Waals surface area (Å²) in [5.74, 6) is 3.08. The van der Waals surface area contributed by atoms with Crippen molar-refractivity contribution in [2.24, 2.45) is 13.0 Å². The molecule has 1 fully saturated rings. The number of thioether (sulfide) groups is 1. The average molecular weight is 303 g/mol. The molecule has 1 unspecified atom stereocenters. The molecule has 1 amide bonds. The van der Waals surface area contributed by atoms with Gasteiger partial charge in [0.05, 0.1) is 0 Å². The van der Waals surface area contributed by atoms with Crippen molar-refractivity contribution in [1.29, 1.82) is 0 Å². The van der Waals surface area contributed by atoms with Gasteiger partial charge >= 0.3 is 0 Å². The Labute approximate surface area is 108 Å². The van der Waals surface area contributed by atoms with E-state index in [1.165, 1.54) is 17.9 Å². The molecule has 5 heteroatoms. The predicted molar refractivity (Wildman–Crippen MR) is 70.9 cm³/mol. The van der Waals surface area contributed by atoms with E-state index in [4.69, 9.17) is 0 Å². The summed E-state index contributed by atoms with van der Waals surface area (Å²) < 4.78 is 2.78. The van der Waals surface area contributed by atoms with Gasteiger partial charge in [0.15, 0.2) is 0 Å². The number of amides is 1. The number of aromatic nitrogens is 1. The highest BCUT2D eigenvalue weighted by Crippen LogP contribution is 2.22. The third-order valence-electron chi connectivity index (χ3n) is 2.78. The SMILES string of the molecule is Cn1cc(Br)cc1C(=O)NCC1CCSC1. The van der Waals surface area contributed by atoms with Gasteiger partial charge < -0.3 is 9.88 Å². The van der Waals surface area contributed by atoms with Crippen molar-refractivity contribution in [1.82, 2.24) is 9.88 Å². The number of rotatable bonds is 3. The van der Waals surface area contributed by atoms with Crippen LogP contribution in [0.3, 0.4) is 0 Å². The van der Waals surface area contributed by atoms with Crippen molar-refractivity contribution in [2.75, 3.05) is 18.1 Å². The summed E-state index contributed by atoms with van der Waals surface area (Å²) in [6.07, 6.45) is 3.11. The van der Waals surface area contributed by atoms with Gasteiger partial charge in [0.2, 0.25) is 0 Å². The van der Waals surface area contributed by atoms with Crippen LogP contribution in [0.15, 0.2) is 16.7 Å². The molecule has 88 valence electrons. The van der Waals surface area contributed by atoms with Crippen LogP contribution in [-0.2, 0) is 7.05 Å². The maximum Gasteiger partial charge on any atom is 0.267 e. The van der Waals surface area contributed by atoms with Crippen molar-refractivity contribution in [3.05, 3.63) is 22.4 Å². The lowest BCUT2D eigenvalue weighted by atomic mass is 10.1. The standard InChI is InChI=1S/C11H15BrN2OS/c1-14-6-9(12)4-10(14)11(15)13-5-8-2-3-16-7-8/h4,6,8H,2-3,5,7H2,1H3,(H,13,15). The van der Waals surface area contributed by atoms with E-state index in [1.807, 2.05) is 35.6 Å². The second kappa shape index (κ2) is 5.27. The summed E-state index contributed by atoms with van der Waals surface area (Å²) in [7, 11) is 1.88. The van der Waals surface area contributed by atoms with Gasteiger partial charge in [-0.05, 0) is 45.8 Å². The van der Waals surface area contributed by atoms with Crippen LogP contribution in [0.2, 0.25) is 0 Å². The summed E-state index contributed by atoms with van der Waals surface area (Å²) in [4.78, 5) is 11.9. The smallest absolute Gasteiger partial charge is 0.267 e. The molecule has 1 saturated heterocycles. The van der Waals surface area contributed by atoms with Gasteiger partial charge in [-0.3, -0.25) is 4.79 Å². The molecule has 1 aromatic rings. The highest BCUT2D eigenvalue weighted by molar-refractivity contribution is 9.10. The molecule has 1 atom stereocenters. The fourth-order valence-corrected chi connectivity index (χ4v) is 3.63. The molecule has 0 bridgehead atoms. The largest absolute Gasteiger partial charge is 0.350 e. The molecule has 0 saturated carbocycles. The van der Waals surface area contributed by atoms with Crippen LogP contribution in [-0.4, -0.2) is 28.5 Å².